The summed E-state index contributed by atoms with van der Waals surface area (Å²) in [7, 11) is -4.88. The van der Waals surface area contributed by atoms with Crippen LogP contribution in [0.4, 0.5) is 11.4 Å². The number of fused-ring (bicyclic) bond motifs is 1. The molecule has 0 aliphatic carbocycles. The Kier molecular flexibility index (Phi) is 15.7. The molecule has 60 heavy (non-hydrogen) atoms. The van der Waals surface area contributed by atoms with E-state index in [0.29, 0.717) is 34.5 Å². The van der Waals surface area contributed by atoms with E-state index in [1.807, 2.05) is 38.1 Å². The Morgan fingerprint density at radius 3 is 1.93 bits per heavy atom. The lowest BCUT2D eigenvalue weighted by molar-refractivity contribution is 0.0824. The molecule has 1 unspecified atom stereocenters. The highest BCUT2D eigenvalue weighted by Crippen LogP contribution is 2.34. The number of anilines is 2. The molecule has 0 aliphatic rings. The summed E-state index contributed by atoms with van der Waals surface area (Å²) < 4.78 is 57.9. The zero-order valence-corrected chi connectivity index (χ0v) is 37.9. The Labute approximate surface area is 359 Å². The van der Waals surface area contributed by atoms with Gasteiger partial charge in [0, 0.05) is 26.0 Å². The molecule has 322 valence electrons. The monoisotopic (exact) mass is 878 g/mol. The Morgan fingerprint density at radius 2 is 1.33 bits per heavy atom. The Morgan fingerprint density at radius 1 is 0.733 bits per heavy atom. The minimum absolute atomic E-state index is 0.0387. The number of hydrogen-bond acceptors (Lipinski definition) is 8. The number of phenols is 2. The molecule has 0 saturated heterocycles. The second-order valence-corrected chi connectivity index (χ2v) is 18.9. The summed E-state index contributed by atoms with van der Waals surface area (Å²) in [5.74, 6) is -0.739. The molecule has 0 saturated carbocycles. The van der Waals surface area contributed by atoms with Crippen molar-refractivity contribution in [1.29, 1.82) is 0 Å². The van der Waals surface area contributed by atoms with Crippen LogP contribution in [-0.4, -0.2) is 64.4 Å². The Bertz CT molecular complexity index is 2600. The number of unbranched alkanes of at least 4 members (excludes halogenated alkanes) is 1. The number of rotatable bonds is 14. The summed E-state index contributed by atoms with van der Waals surface area (Å²) >= 11 is 6.00. The summed E-state index contributed by atoms with van der Waals surface area (Å²) in [6, 6.07) is 19.7. The van der Waals surface area contributed by atoms with Crippen molar-refractivity contribution in [2.24, 2.45) is 5.92 Å². The van der Waals surface area contributed by atoms with Crippen molar-refractivity contribution < 1.29 is 36.6 Å². The van der Waals surface area contributed by atoms with Gasteiger partial charge in [-0.2, -0.15) is 0 Å². The predicted molar refractivity (Wildman–Crippen MR) is 241 cm³/mol. The van der Waals surface area contributed by atoms with Gasteiger partial charge in [-0.15, -0.1) is 0 Å². The van der Waals surface area contributed by atoms with Crippen molar-refractivity contribution in [2.45, 2.75) is 83.9 Å². The van der Waals surface area contributed by atoms with Crippen LogP contribution in [0.15, 0.2) is 82.6 Å². The van der Waals surface area contributed by atoms with Gasteiger partial charge >= 0.3 is 0 Å². The molecule has 0 spiro atoms. The van der Waals surface area contributed by atoms with Gasteiger partial charge in [-0.05, 0) is 117 Å². The van der Waals surface area contributed by atoms with Crippen molar-refractivity contribution in [3.8, 4) is 11.5 Å². The third-order valence-electron chi connectivity index (χ3n) is 10.1. The first-order chi connectivity index (χ1) is 28.1. The average molecular weight is 880 g/mol. The number of phenolic OH excluding ortho intramolecular Hbond substituents is 2. The number of halogens is 1. The second-order valence-electron chi connectivity index (χ2n) is 15.2. The molecular weight excluding hydrogens is 824 g/mol. The van der Waals surface area contributed by atoms with Crippen molar-refractivity contribution >= 4 is 65.6 Å². The van der Waals surface area contributed by atoms with Gasteiger partial charge in [0.2, 0.25) is 0 Å². The number of aryl methyl sites for hydroxylation is 5. The summed E-state index contributed by atoms with van der Waals surface area (Å²) in [5, 5.41) is 24.5. The predicted octanol–water partition coefficient (Wildman–Crippen LogP) is 9.38. The number of amides is 2. The van der Waals surface area contributed by atoms with E-state index in [-0.39, 0.29) is 48.8 Å². The van der Waals surface area contributed by atoms with Gasteiger partial charge in [-0.1, -0.05) is 81.1 Å². The first-order valence-corrected chi connectivity index (χ1v) is 22.9. The van der Waals surface area contributed by atoms with E-state index in [9.17, 15) is 36.6 Å². The summed E-state index contributed by atoms with van der Waals surface area (Å²) in [4.78, 5) is 26.8. The highest BCUT2D eigenvalue weighted by Gasteiger charge is 2.27. The molecule has 0 radical (unpaired) electrons. The number of carbonyl (C=O) groups is 2. The zero-order chi connectivity index (χ0) is 44.7. The fraction of sp³-hybridized carbons (Fsp3) is 0.333. The van der Waals surface area contributed by atoms with Gasteiger partial charge in [-0.25, -0.2) is 16.8 Å². The van der Waals surface area contributed by atoms with E-state index < -0.39 is 31.9 Å². The first kappa shape index (κ1) is 47.4. The van der Waals surface area contributed by atoms with E-state index in [1.54, 1.807) is 59.1 Å². The number of nitrogens with one attached hydrogen (secondary N) is 3. The molecule has 5 rings (SSSR count). The highest BCUT2D eigenvalue weighted by molar-refractivity contribution is 7.93. The largest absolute Gasteiger partial charge is 0.507 e. The van der Waals surface area contributed by atoms with Gasteiger partial charge < -0.3 is 20.4 Å². The molecule has 5 N–H and O–H groups in total. The van der Waals surface area contributed by atoms with Crippen molar-refractivity contribution in [1.82, 2.24) is 10.2 Å². The minimum atomic E-state index is -4.09. The molecular formula is C45H55ClN4O8S2. The molecule has 12 nitrogen and oxygen atoms in total. The van der Waals surface area contributed by atoms with Crippen LogP contribution < -0.4 is 14.8 Å². The Balaban J connectivity index is 0.000000267. The van der Waals surface area contributed by atoms with Gasteiger partial charge in [0.25, 0.3) is 31.9 Å². The molecule has 0 fully saturated rings. The average Bonchev–Trinajstić information content (AvgIpc) is 3.17. The number of carbonyl (C=O) groups excluding carboxylic acids is 2. The summed E-state index contributed by atoms with van der Waals surface area (Å²) in [5.41, 5.74) is 3.54. The van der Waals surface area contributed by atoms with Gasteiger partial charge in [0.15, 0.2) is 0 Å². The van der Waals surface area contributed by atoms with E-state index in [1.165, 1.54) is 29.2 Å². The van der Waals surface area contributed by atoms with E-state index in [4.69, 9.17) is 11.6 Å². The third kappa shape index (κ3) is 11.3. The first-order valence-electron chi connectivity index (χ1n) is 19.6. The molecule has 5 aromatic carbocycles. The van der Waals surface area contributed by atoms with E-state index in [0.717, 1.165) is 42.2 Å². The van der Waals surface area contributed by atoms with Gasteiger partial charge in [-0.3, -0.25) is 19.0 Å². The second kappa shape index (κ2) is 19.8. The molecule has 0 heterocycles. The smallest absolute Gasteiger partial charge is 0.262 e. The molecule has 0 bridgehead atoms. The lowest BCUT2D eigenvalue weighted by Gasteiger charge is -2.18. The normalized spacial score (nSPS) is 12.0. The van der Waals surface area contributed by atoms with Crippen molar-refractivity contribution in [3.05, 3.63) is 117 Å². The van der Waals surface area contributed by atoms with Gasteiger partial charge in [0.05, 0.1) is 32.4 Å². The zero-order valence-electron chi connectivity index (χ0n) is 35.5. The van der Waals surface area contributed by atoms with E-state index in [2.05, 4.69) is 28.6 Å². The van der Waals surface area contributed by atoms with Crippen LogP contribution in [0.1, 0.15) is 88.1 Å². The number of aromatic hydroxyl groups is 2. The fourth-order valence-corrected chi connectivity index (χ4v) is 9.99. The number of benzene rings is 5. The summed E-state index contributed by atoms with van der Waals surface area (Å²) in [6.45, 7) is 13.3. The lowest BCUT2D eigenvalue weighted by atomic mass is 9.99. The quantitative estimate of drug-likeness (QED) is 0.0684. The number of nitrogens with zero attached hydrogens (tertiary/aromatic N) is 1. The molecule has 2 amide bonds. The SMILES string of the molecule is CCCCC(CC)CNC(=O)c1cc(C)cc(C)c1S(=O)(=O)Nc1cc(C)c(O)c(Cl)c1.Cc1cc(NS(=O)(=O)c2cccc3cccc(C)c23)cc(C(=O)N(C)C)c1O. The van der Waals surface area contributed by atoms with E-state index >= 15 is 0 Å². The van der Waals surface area contributed by atoms with Gasteiger partial charge in [0.1, 0.15) is 16.4 Å². The third-order valence-corrected chi connectivity index (χ3v) is 13.4. The molecule has 0 aromatic heterocycles. The molecule has 5 aromatic rings. The molecule has 15 heteroatoms. The number of sulfonamides is 2. The molecule has 0 aliphatic heterocycles. The maximum absolute atomic E-state index is 13.3. The van der Waals surface area contributed by atoms with Crippen LogP contribution in [-0.2, 0) is 20.0 Å². The summed E-state index contributed by atoms with van der Waals surface area (Å²) in [6.07, 6.45) is 4.15. The lowest BCUT2D eigenvalue weighted by Crippen LogP contribution is -2.31. The Hall–Kier alpha value is -5.31. The van der Waals surface area contributed by atoms with Crippen LogP contribution in [0.3, 0.4) is 0 Å². The standard InChI is InChI=1S/C24H33ClN2O4S.C21H22N2O4S/c1-6-8-9-18(7-2)14-26-24(29)20-11-15(3)10-17(5)23(20)32(30,31)27-19-12-16(4)22(28)21(25)13-19;1-13-7-5-8-15-9-6-10-18(19(13)15)28(26,27)22-16-11-14(2)20(24)17(12-16)21(25)23(3)4/h10-13,18,27-28H,6-9,14H2,1-5H3,(H,26,29);5-12,22,24H,1-4H3. The van der Waals surface area contributed by atoms with Crippen molar-refractivity contribution in [3.63, 3.8) is 0 Å². The van der Waals surface area contributed by atoms with Crippen molar-refractivity contribution in [2.75, 3.05) is 30.1 Å². The fourth-order valence-electron chi connectivity index (χ4n) is 6.92. The van der Waals surface area contributed by atoms with Crippen LogP contribution in [0.25, 0.3) is 10.8 Å². The highest BCUT2D eigenvalue weighted by atomic mass is 35.5. The maximum atomic E-state index is 13.3. The van der Waals surface area contributed by atoms with Crippen LogP contribution in [0.5, 0.6) is 11.5 Å². The van der Waals surface area contributed by atoms with Crippen LogP contribution in [0.2, 0.25) is 5.02 Å². The minimum Gasteiger partial charge on any atom is -0.507 e. The topological polar surface area (TPSA) is 182 Å². The van der Waals surface area contributed by atoms with Crippen LogP contribution in [0, 0.1) is 40.5 Å². The molecule has 1 atom stereocenters. The van der Waals surface area contributed by atoms with Crippen LogP contribution >= 0.6 is 11.6 Å². The maximum Gasteiger partial charge on any atom is 0.262 e. The number of hydrogen-bond donors (Lipinski definition) is 5.